The summed E-state index contributed by atoms with van der Waals surface area (Å²) in [6.45, 7) is 2.92. The van der Waals surface area contributed by atoms with Gasteiger partial charge in [0.1, 0.15) is 19.0 Å². The Morgan fingerprint density at radius 1 is 1.18 bits per heavy atom. The molecule has 0 unspecified atom stereocenters. The maximum atomic E-state index is 12.5. The number of ether oxygens (including phenoxy) is 3. The zero-order valence-electron chi connectivity index (χ0n) is 15.7. The largest absolute Gasteiger partial charge is 0.493 e. The van der Waals surface area contributed by atoms with E-state index in [4.69, 9.17) is 14.2 Å². The number of methoxy groups -OCH3 is 1. The Bertz CT molecular complexity index is 1020. The molecule has 0 aliphatic carbocycles. The summed E-state index contributed by atoms with van der Waals surface area (Å²) >= 11 is 0. The van der Waals surface area contributed by atoms with Crippen molar-refractivity contribution in [2.24, 2.45) is 0 Å². The molecule has 2 aromatic carbocycles. The van der Waals surface area contributed by atoms with Gasteiger partial charge in [-0.3, -0.25) is 4.79 Å². The van der Waals surface area contributed by atoms with E-state index in [0.717, 1.165) is 17.1 Å². The second-order valence-electron chi connectivity index (χ2n) is 6.34. The lowest BCUT2D eigenvalue weighted by Gasteiger charge is -2.20. The molecular weight excluding hydrogens is 356 g/mol. The first-order valence-electron chi connectivity index (χ1n) is 8.96. The van der Waals surface area contributed by atoms with E-state index in [0.29, 0.717) is 36.0 Å². The van der Waals surface area contributed by atoms with E-state index >= 15 is 0 Å². The number of carbonyl (C=O) groups is 1. The molecule has 6 nitrogen and oxygen atoms in total. The van der Waals surface area contributed by atoms with Crippen LogP contribution in [0, 0.1) is 6.92 Å². The SMILES string of the molecule is COc1cc(/C=C/C(=O)c2ccc(-n3ccnc3C)cc2)cc2c1OCCO2. The molecule has 6 heteroatoms. The van der Waals surface area contributed by atoms with Crippen molar-refractivity contribution in [3.63, 3.8) is 0 Å². The van der Waals surface area contributed by atoms with Gasteiger partial charge in [0.15, 0.2) is 17.3 Å². The van der Waals surface area contributed by atoms with Crippen LogP contribution in [-0.2, 0) is 0 Å². The van der Waals surface area contributed by atoms with Crippen molar-refractivity contribution >= 4 is 11.9 Å². The Labute approximate surface area is 163 Å². The minimum absolute atomic E-state index is 0.0808. The fourth-order valence-electron chi connectivity index (χ4n) is 3.09. The van der Waals surface area contributed by atoms with Crippen molar-refractivity contribution in [1.82, 2.24) is 9.55 Å². The molecular formula is C22H20N2O4. The summed E-state index contributed by atoms with van der Waals surface area (Å²) < 4.78 is 18.6. The van der Waals surface area contributed by atoms with Crippen LogP contribution in [0.5, 0.6) is 17.2 Å². The van der Waals surface area contributed by atoms with Crippen LogP contribution < -0.4 is 14.2 Å². The zero-order valence-corrected chi connectivity index (χ0v) is 15.7. The van der Waals surface area contributed by atoms with Gasteiger partial charge in [-0.25, -0.2) is 4.98 Å². The van der Waals surface area contributed by atoms with Crippen molar-refractivity contribution in [2.75, 3.05) is 20.3 Å². The number of hydrogen-bond donors (Lipinski definition) is 0. The number of carbonyl (C=O) groups excluding carboxylic acids is 1. The Hall–Kier alpha value is -3.54. The highest BCUT2D eigenvalue weighted by atomic mass is 16.6. The number of aryl methyl sites for hydroxylation is 1. The van der Waals surface area contributed by atoms with Crippen LogP contribution in [0.25, 0.3) is 11.8 Å². The number of hydrogen-bond acceptors (Lipinski definition) is 5. The number of nitrogens with zero attached hydrogens (tertiary/aromatic N) is 2. The lowest BCUT2D eigenvalue weighted by atomic mass is 10.1. The fourth-order valence-corrected chi connectivity index (χ4v) is 3.09. The van der Waals surface area contributed by atoms with Gasteiger partial charge in [0, 0.05) is 23.6 Å². The number of benzene rings is 2. The summed E-state index contributed by atoms with van der Waals surface area (Å²) in [5.74, 6) is 2.62. The second kappa shape index (κ2) is 7.60. The number of imidazole rings is 1. The predicted molar refractivity (Wildman–Crippen MR) is 106 cm³/mol. The number of ketones is 1. The Balaban J connectivity index is 1.53. The fraction of sp³-hybridized carbons (Fsp3) is 0.182. The van der Waals surface area contributed by atoms with Crippen molar-refractivity contribution < 1.29 is 19.0 Å². The second-order valence-corrected chi connectivity index (χ2v) is 6.34. The summed E-state index contributed by atoms with van der Waals surface area (Å²) in [5, 5.41) is 0. The number of fused-ring (bicyclic) bond motifs is 1. The van der Waals surface area contributed by atoms with Gasteiger partial charge in [-0.2, -0.15) is 0 Å². The zero-order chi connectivity index (χ0) is 19.5. The number of allylic oxidation sites excluding steroid dienone is 1. The highest BCUT2D eigenvalue weighted by molar-refractivity contribution is 6.06. The third kappa shape index (κ3) is 3.49. The topological polar surface area (TPSA) is 62.6 Å². The average molecular weight is 376 g/mol. The van der Waals surface area contributed by atoms with Gasteiger partial charge in [0.2, 0.25) is 5.75 Å². The molecule has 0 N–H and O–H groups in total. The highest BCUT2D eigenvalue weighted by Gasteiger charge is 2.17. The first-order chi connectivity index (χ1) is 13.7. The Morgan fingerprint density at radius 3 is 2.68 bits per heavy atom. The summed E-state index contributed by atoms with van der Waals surface area (Å²) in [5.41, 5.74) is 2.38. The number of rotatable bonds is 5. The van der Waals surface area contributed by atoms with Crippen molar-refractivity contribution in [3.8, 4) is 22.9 Å². The van der Waals surface area contributed by atoms with Gasteiger partial charge in [-0.1, -0.05) is 6.08 Å². The van der Waals surface area contributed by atoms with E-state index in [1.54, 1.807) is 25.5 Å². The molecule has 0 fully saturated rings. The van der Waals surface area contributed by atoms with Gasteiger partial charge in [-0.15, -0.1) is 0 Å². The molecule has 0 saturated carbocycles. The van der Waals surface area contributed by atoms with Crippen LogP contribution in [0.1, 0.15) is 21.7 Å². The van der Waals surface area contributed by atoms with Crippen molar-refractivity contribution in [2.45, 2.75) is 6.92 Å². The minimum Gasteiger partial charge on any atom is -0.493 e. The molecule has 0 atom stereocenters. The molecule has 0 bridgehead atoms. The van der Waals surface area contributed by atoms with Crippen molar-refractivity contribution in [1.29, 1.82) is 0 Å². The minimum atomic E-state index is -0.0808. The standard InChI is InChI=1S/C22H20N2O4/c1-15-23-9-10-24(15)18-6-4-17(5-7-18)19(25)8-3-16-13-20(26-2)22-21(14-16)27-11-12-28-22/h3-10,13-14H,11-12H2,1-2H3/b8-3+. The maximum Gasteiger partial charge on any atom is 0.203 e. The normalized spacial score (nSPS) is 12.9. The first-order valence-corrected chi connectivity index (χ1v) is 8.96. The Morgan fingerprint density at radius 2 is 1.96 bits per heavy atom. The van der Waals surface area contributed by atoms with E-state index in [-0.39, 0.29) is 5.78 Å². The Kier molecular flexibility index (Phi) is 4.85. The van der Waals surface area contributed by atoms with Gasteiger partial charge in [-0.05, 0) is 55.0 Å². The first kappa shape index (κ1) is 17.9. The van der Waals surface area contributed by atoms with E-state index in [9.17, 15) is 4.79 Å². The highest BCUT2D eigenvalue weighted by Crippen LogP contribution is 2.40. The molecule has 2 heterocycles. The van der Waals surface area contributed by atoms with E-state index in [2.05, 4.69) is 4.98 Å². The molecule has 1 aliphatic heterocycles. The van der Waals surface area contributed by atoms with Gasteiger partial charge in [0.25, 0.3) is 0 Å². The third-order valence-electron chi connectivity index (χ3n) is 4.53. The lowest BCUT2D eigenvalue weighted by molar-refractivity contribution is 0.104. The molecule has 0 saturated heterocycles. The van der Waals surface area contributed by atoms with Gasteiger partial charge in [0.05, 0.1) is 7.11 Å². The van der Waals surface area contributed by atoms with Crippen LogP contribution in [0.3, 0.4) is 0 Å². The van der Waals surface area contributed by atoms with E-state index in [1.165, 1.54) is 0 Å². The van der Waals surface area contributed by atoms with Gasteiger partial charge >= 0.3 is 0 Å². The molecule has 0 radical (unpaired) electrons. The van der Waals surface area contributed by atoms with E-state index < -0.39 is 0 Å². The lowest BCUT2D eigenvalue weighted by Crippen LogP contribution is -2.16. The van der Waals surface area contributed by atoms with Crippen LogP contribution in [-0.4, -0.2) is 35.7 Å². The summed E-state index contributed by atoms with van der Waals surface area (Å²) in [6, 6.07) is 11.1. The smallest absolute Gasteiger partial charge is 0.203 e. The molecule has 142 valence electrons. The summed E-state index contributed by atoms with van der Waals surface area (Å²) in [7, 11) is 1.58. The van der Waals surface area contributed by atoms with Crippen molar-refractivity contribution in [3.05, 3.63) is 71.8 Å². The molecule has 4 rings (SSSR count). The third-order valence-corrected chi connectivity index (χ3v) is 4.53. The molecule has 3 aromatic rings. The number of aromatic nitrogens is 2. The van der Waals surface area contributed by atoms with Crippen LogP contribution in [0.4, 0.5) is 0 Å². The predicted octanol–water partition coefficient (Wildman–Crippen LogP) is 3.86. The van der Waals surface area contributed by atoms with E-state index in [1.807, 2.05) is 54.1 Å². The quantitative estimate of drug-likeness (QED) is 0.500. The van der Waals surface area contributed by atoms with Gasteiger partial charge < -0.3 is 18.8 Å². The summed E-state index contributed by atoms with van der Waals surface area (Å²) in [4.78, 5) is 16.7. The molecule has 28 heavy (non-hydrogen) atoms. The average Bonchev–Trinajstić information content (AvgIpc) is 3.17. The molecule has 1 aromatic heterocycles. The molecule has 0 spiro atoms. The van der Waals surface area contributed by atoms with Crippen LogP contribution >= 0.6 is 0 Å². The molecule has 1 aliphatic rings. The summed E-state index contributed by atoms with van der Waals surface area (Å²) in [6.07, 6.45) is 6.93. The maximum absolute atomic E-state index is 12.5. The monoisotopic (exact) mass is 376 g/mol. The van der Waals surface area contributed by atoms with Crippen LogP contribution in [0.2, 0.25) is 0 Å². The van der Waals surface area contributed by atoms with Crippen LogP contribution in [0.15, 0.2) is 54.9 Å². The molecule has 0 amide bonds.